The maximum Gasteiger partial charge on any atom is 0.252 e. The number of hydrogen-bond donors (Lipinski definition) is 2. The van der Waals surface area contributed by atoms with Crippen LogP contribution in [0.25, 0.3) is 11.3 Å². The van der Waals surface area contributed by atoms with Crippen LogP contribution in [0, 0.1) is 0 Å². The predicted molar refractivity (Wildman–Crippen MR) is 76.4 cm³/mol. The quantitative estimate of drug-likeness (QED) is 0.864. The lowest BCUT2D eigenvalue weighted by Gasteiger charge is -2.09. The highest BCUT2D eigenvalue weighted by Gasteiger charge is 2.07. The molecule has 2 N–H and O–H groups in total. The molecule has 1 aromatic heterocycles. The van der Waals surface area contributed by atoms with Crippen molar-refractivity contribution >= 4 is 0 Å². The SMILES string of the molecule is CCNCc1ccc(-c2ccccc2OC)[nH]c1=O. The lowest BCUT2D eigenvalue weighted by molar-refractivity contribution is 0.416. The molecule has 1 heterocycles. The van der Waals surface area contributed by atoms with Gasteiger partial charge in [-0.2, -0.15) is 0 Å². The molecule has 100 valence electrons. The van der Waals surface area contributed by atoms with Gasteiger partial charge in [0.25, 0.3) is 5.56 Å². The van der Waals surface area contributed by atoms with E-state index in [0.29, 0.717) is 6.54 Å². The van der Waals surface area contributed by atoms with E-state index in [1.807, 2.05) is 43.3 Å². The van der Waals surface area contributed by atoms with Crippen molar-refractivity contribution in [1.82, 2.24) is 10.3 Å². The molecule has 2 aromatic rings. The van der Waals surface area contributed by atoms with Gasteiger partial charge in [0.1, 0.15) is 5.75 Å². The molecule has 0 atom stereocenters. The Morgan fingerprint density at radius 1 is 1.21 bits per heavy atom. The Hall–Kier alpha value is -2.07. The molecule has 0 saturated carbocycles. The highest BCUT2D eigenvalue weighted by molar-refractivity contribution is 5.66. The Labute approximate surface area is 112 Å². The van der Waals surface area contributed by atoms with Gasteiger partial charge in [-0.1, -0.05) is 25.1 Å². The summed E-state index contributed by atoms with van der Waals surface area (Å²) in [4.78, 5) is 14.9. The Balaban J connectivity index is 2.36. The molecule has 0 aliphatic heterocycles. The number of methoxy groups -OCH3 is 1. The maximum atomic E-state index is 12.0. The summed E-state index contributed by atoms with van der Waals surface area (Å²) in [6.45, 7) is 3.43. The molecule has 4 nitrogen and oxygen atoms in total. The minimum absolute atomic E-state index is 0.0654. The minimum atomic E-state index is -0.0654. The second-order valence-corrected chi connectivity index (χ2v) is 4.21. The number of rotatable bonds is 5. The van der Waals surface area contributed by atoms with Crippen LogP contribution in [-0.2, 0) is 6.54 Å². The zero-order valence-electron chi connectivity index (χ0n) is 11.2. The van der Waals surface area contributed by atoms with Gasteiger partial charge in [0, 0.05) is 17.7 Å². The fraction of sp³-hybridized carbons (Fsp3) is 0.267. The fourth-order valence-corrected chi connectivity index (χ4v) is 1.93. The van der Waals surface area contributed by atoms with Gasteiger partial charge in [0.05, 0.1) is 12.8 Å². The van der Waals surface area contributed by atoms with Crippen LogP contribution in [-0.4, -0.2) is 18.6 Å². The van der Waals surface area contributed by atoms with E-state index >= 15 is 0 Å². The molecular weight excluding hydrogens is 240 g/mol. The number of para-hydroxylation sites is 1. The van der Waals surface area contributed by atoms with Crippen molar-refractivity contribution in [3.63, 3.8) is 0 Å². The minimum Gasteiger partial charge on any atom is -0.496 e. The van der Waals surface area contributed by atoms with Gasteiger partial charge in [0.2, 0.25) is 0 Å². The molecule has 1 aromatic carbocycles. The van der Waals surface area contributed by atoms with Gasteiger partial charge in [-0.05, 0) is 24.7 Å². The summed E-state index contributed by atoms with van der Waals surface area (Å²) in [6.07, 6.45) is 0. The predicted octanol–water partition coefficient (Wildman–Crippen LogP) is 2.16. The Kier molecular flexibility index (Phi) is 4.36. The van der Waals surface area contributed by atoms with E-state index in [9.17, 15) is 4.79 Å². The lowest BCUT2D eigenvalue weighted by Crippen LogP contribution is -2.20. The summed E-state index contributed by atoms with van der Waals surface area (Å²) < 4.78 is 5.30. The number of hydrogen-bond acceptors (Lipinski definition) is 3. The van der Waals surface area contributed by atoms with Gasteiger partial charge in [-0.3, -0.25) is 4.79 Å². The molecular formula is C15H18N2O2. The highest BCUT2D eigenvalue weighted by atomic mass is 16.5. The van der Waals surface area contributed by atoms with E-state index in [1.165, 1.54) is 0 Å². The number of aromatic nitrogens is 1. The van der Waals surface area contributed by atoms with Crippen molar-refractivity contribution in [3.8, 4) is 17.0 Å². The number of pyridine rings is 1. The van der Waals surface area contributed by atoms with E-state index in [1.54, 1.807) is 7.11 Å². The van der Waals surface area contributed by atoms with Crippen LogP contribution >= 0.6 is 0 Å². The van der Waals surface area contributed by atoms with Crippen molar-refractivity contribution in [2.24, 2.45) is 0 Å². The summed E-state index contributed by atoms with van der Waals surface area (Å²) in [5, 5.41) is 3.14. The van der Waals surface area contributed by atoms with Gasteiger partial charge in [-0.25, -0.2) is 0 Å². The number of nitrogens with one attached hydrogen (secondary N) is 2. The van der Waals surface area contributed by atoms with Crippen molar-refractivity contribution in [1.29, 1.82) is 0 Å². The second kappa shape index (κ2) is 6.20. The molecule has 0 unspecified atom stereocenters. The van der Waals surface area contributed by atoms with Crippen molar-refractivity contribution in [3.05, 3.63) is 52.3 Å². The van der Waals surface area contributed by atoms with Gasteiger partial charge in [-0.15, -0.1) is 0 Å². The zero-order chi connectivity index (χ0) is 13.7. The van der Waals surface area contributed by atoms with Crippen molar-refractivity contribution in [2.45, 2.75) is 13.5 Å². The highest BCUT2D eigenvalue weighted by Crippen LogP contribution is 2.27. The van der Waals surface area contributed by atoms with Crippen LogP contribution in [0.3, 0.4) is 0 Å². The molecule has 0 saturated heterocycles. The third-order valence-corrected chi connectivity index (χ3v) is 2.95. The van der Waals surface area contributed by atoms with Gasteiger partial charge < -0.3 is 15.0 Å². The van der Waals surface area contributed by atoms with E-state index in [0.717, 1.165) is 29.1 Å². The molecule has 0 radical (unpaired) electrons. The Morgan fingerprint density at radius 3 is 2.68 bits per heavy atom. The summed E-state index contributed by atoms with van der Waals surface area (Å²) in [7, 11) is 1.62. The molecule has 0 bridgehead atoms. The van der Waals surface area contributed by atoms with Gasteiger partial charge >= 0.3 is 0 Å². The Bertz CT molecular complexity index is 605. The second-order valence-electron chi connectivity index (χ2n) is 4.21. The fourth-order valence-electron chi connectivity index (χ4n) is 1.93. The smallest absolute Gasteiger partial charge is 0.252 e. The van der Waals surface area contributed by atoms with E-state index in [-0.39, 0.29) is 5.56 Å². The summed E-state index contributed by atoms with van der Waals surface area (Å²) in [5.41, 5.74) is 2.32. The molecule has 0 amide bonds. The maximum absolute atomic E-state index is 12.0. The summed E-state index contributed by atoms with van der Waals surface area (Å²) in [5.74, 6) is 0.748. The molecule has 0 spiro atoms. The largest absolute Gasteiger partial charge is 0.496 e. The van der Waals surface area contributed by atoms with Crippen molar-refractivity contribution in [2.75, 3.05) is 13.7 Å². The average molecular weight is 258 g/mol. The third-order valence-electron chi connectivity index (χ3n) is 2.95. The zero-order valence-corrected chi connectivity index (χ0v) is 11.2. The van der Waals surface area contributed by atoms with Crippen LogP contribution in [0.5, 0.6) is 5.75 Å². The molecule has 19 heavy (non-hydrogen) atoms. The van der Waals surface area contributed by atoms with E-state index in [2.05, 4.69) is 10.3 Å². The first-order valence-corrected chi connectivity index (χ1v) is 6.32. The van der Waals surface area contributed by atoms with Crippen LogP contribution in [0.2, 0.25) is 0 Å². The number of aromatic amines is 1. The molecule has 4 heteroatoms. The normalized spacial score (nSPS) is 10.4. The first-order valence-electron chi connectivity index (χ1n) is 6.32. The van der Waals surface area contributed by atoms with E-state index in [4.69, 9.17) is 4.74 Å². The third kappa shape index (κ3) is 3.03. The van der Waals surface area contributed by atoms with Crippen molar-refractivity contribution < 1.29 is 4.74 Å². The lowest BCUT2D eigenvalue weighted by atomic mass is 10.1. The topological polar surface area (TPSA) is 54.1 Å². The molecule has 0 fully saturated rings. The monoisotopic (exact) mass is 258 g/mol. The number of ether oxygens (including phenoxy) is 1. The number of H-pyrrole nitrogens is 1. The summed E-state index contributed by atoms with van der Waals surface area (Å²) in [6, 6.07) is 11.4. The molecule has 2 rings (SSSR count). The standard InChI is InChI=1S/C15H18N2O2/c1-3-16-10-11-8-9-13(17-15(11)18)12-6-4-5-7-14(12)19-2/h4-9,16H,3,10H2,1-2H3,(H,17,18). The first kappa shape index (κ1) is 13.4. The van der Waals surface area contributed by atoms with Crippen LogP contribution in [0.1, 0.15) is 12.5 Å². The van der Waals surface area contributed by atoms with Crippen LogP contribution in [0.15, 0.2) is 41.2 Å². The molecule has 0 aliphatic rings. The molecule has 0 aliphatic carbocycles. The number of benzene rings is 1. The first-order chi connectivity index (χ1) is 9.26. The van der Waals surface area contributed by atoms with E-state index < -0.39 is 0 Å². The average Bonchev–Trinajstić information content (AvgIpc) is 2.46. The van der Waals surface area contributed by atoms with Crippen LogP contribution in [0.4, 0.5) is 0 Å². The Morgan fingerprint density at radius 2 is 2.00 bits per heavy atom. The summed E-state index contributed by atoms with van der Waals surface area (Å²) >= 11 is 0. The van der Waals surface area contributed by atoms with Crippen LogP contribution < -0.4 is 15.6 Å². The van der Waals surface area contributed by atoms with Gasteiger partial charge in [0.15, 0.2) is 0 Å².